The van der Waals surface area contributed by atoms with Crippen LogP contribution in [-0.2, 0) is 52.5 Å². The fraction of sp³-hybridized carbons (Fsp3) is 0.800. The lowest BCUT2D eigenvalue weighted by Gasteiger charge is -2.66. The highest BCUT2D eigenvalue weighted by Gasteiger charge is 2.84. The summed E-state index contributed by atoms with van der Waals surface area (Å²) in [6.07, 6.45) is -3.82. The third-order valence-electron chi connectivity index (χ3n) is 14.3. The number of ether oxygens (including phenoxy) is 5. The number of carbonyl (C=O) groups excluding carboxylic acids is 5. The molecule has 14 nitrogen and oxygen atoms in total. The molecule has 49 heavy (non-hydrogen) atoms. The summed E-state index contributed by atoms with van der Waals surface area (Å²) in [6, 6.07) is 0. The van der Waals surface area contributed by atoms with Gasteiger partial charge in [0.1, 0.15) is 41.9 Å². The average Bonchev–Trinajstić information content (AvgIpc) is 3.69. The number of hydrogen-bond donors (Lipinski definition) is 3. The first kappa shape index (κ1) is 34.5. The van der Waals surface area contributed by atoms with Gasteiger partial charge in [-0.2, -0.15) is 0 Å². The minimum atomic E-state index is -2.16. The van der Waals surface area contributed by atoms with Crippen LogP contribution >= 0.6 is 0 Å². The summed E-state index contributed by atoms with van der Waals surface area (Å²) in [5.41, 5.74) is -7.90. The zero-order valence-corrected chi connectivity index (χ0v) is 29.1. The number of epoxide rings is 1. The van der Waals surface area contributed by atoms with E-state index < -0.39 is 129 Å². The summed E-state index contributed by atoms with van der Waals surface area (Å²) >= 11 is 0. The summed E-state index contributed by atoms with van der Waals surface area (Å²) in [6.45, 7) is 13.7. The van der Waals surface area contributed by atoms with Gasteiger partial charge in [0.15, 0.2) is 11.4 Å². The summed E-state index contributed by atoms with van der Waals surface area (Å²) in [5, 5.41) is 34.8. The van der Waals surface area contributed by atoms with Crippen LogP contribution in [0.4, 0.5) is 0 Å². The minimum absolute atomic E-state index is 0.000227. The highest BCUT2D eigenvalue weighted by Crippen LogP contribution is 2.77. The van der Waals surface area contributed by atoms with Gasteiger partial charge in [-0.15, -0.1) is 0 Å². The lowest BCUT2D eigenvalue weighted by Crippen LogP contribution is -2.72. The lowest BCUT2D eigenvalue weighted by atomic mass is 9.39. The van der Waals surface area contributed by atoms with Crippen molar-refractivity contribution in [2.45, 2.75) is 117 Å². The molecule has 14 heteroatoms. The van der Waals surface area contributed by atoms with Crippen molar-refractivity contribution in [2.24, 2.45) is 57.7 Å². The van der Waals surface area contributed by atoms with Crippen molar-refractivity contribution in [3.63, 3.8) is 0 Å². The summed E-state index contributed by atoms with van der Waals surface area (Å²) < 4.78 is 30.0. The Balaban J connectivity index is 1.53. The minimum Gasteiger partial charge on any atom is -0.462 e. The maximum atomic E-state index is 14.5. The molecule has 270 valence electrons. The van der Waals surface area contributed by atoms with E-state index in [0.717, 1.165) is 0 Å². The van der Waals surface area contributed by atoms with Crippen LogP contribution < -0.4 is 0 Å². The van der Waals surface area contributed by atoms with Gasteiger partial charge >= 0.3 is 23.9 Å². The molecule has 7 aliphatic rings. The third kappa shape index (κ3) is 4.03. The second kappa shape index (κ2) is 10.3. The Hall–Kier alpha value is -2.91. The molecule has 0 aromatic carbocycles. The van der Waals surface area contributed by atoms with E-state index in [0.29, 0.717) is 6.42 Å². The van der Waals surface area contributed by atoms with Crippen molar-refractivity contribution in [1.82, 2.24) is 0 Å². The topological polar surface area (TPSA) is 205 Å². The van der Waals surface area contributed by atoms with Gasteiger partial charge in [0.2, 0.25) is 0 Å². The number of aliphatic hydroxyl groups is 2. The molecule has 0 bridgehead atoms. The average molecular weight is 691 g/mol. The third-order valence-corrected chi connectivity index (χ3v) is 14.3. The van der Waals surface area contributed by atoms with E-state index in [1.165, 1.54) is 33.8 Å². The molecular formula is C35H46O14. The highest BCUT2D eigenvalue weighted by atomic mass is 17.1. The smallest absolute Gasteiger partial charge is 0.343 e. The molecule has 5 aliphatic carbocycles. The Morgan fingerprint density at radius 1 is 0.878 bits per heavy atom. The molecule has 0 aromatic rings. The maximum absolute atomic E-state index is 14.5. The van der Waals surface area contributed by atoms with E-state index in [-0.39, 0.29) is 11.9 Å². The second-order valence-electron chi connectivity index (χ2n) is 16.6. The summed E-state index contributed by atoms with van der Waals surface area (Å²) in [5.74, 6) is -9.41. The van der Waals surface area contributed by atoms with Crippen LogP contribution in [0, 0.1) is 57.7 Å². The van der Waals surface area contributed by atoms with E-state index in [9.17, 15) is 39.4 Å². The molecule has 3 N–H and O–H groups in total. The highest BCUT2D eigenvalue weighted by molar-refractivity contribution is 5.88. The quantitative estimate of drug-likeness (QED) is 0.126. The van der Waals surface area contributed by atoms with Gasteiger partial charge in [0.05, 0.1) is 11.5 Å². The summed E-state index contributed by atoms with van der Waals surface area (Å²) in [7, 11) is 0. The lowest BCUT2D eigenvalue weighted by molar-refractivity contribution is -0.342. The molecule has 7 rings (SSSR count). The molecule has 0 spiro atoms. The van der Waals surface area contributed by atoms with Crippen molar-refractivity contribution >= 4 is 29.7 Å². The van der Waals surface area contributed by atoms with Crippen molar-refractivity contribution in [1.29, 1.82) is 0 Å². The van der Waals surface area contributed by atoms with E-state index in [4.69, 9.17) is 28.6 Å². The Bertz CT molecular complexity index is 1570. The van der Waals surface area contributed by atoms with Crippen molar-refractivity contribution in [3.05, 3.63) is 11.8 Å². The van der Waals surface area contributed by atoms with E-state index in [1.54, 1.807) is 20.8 Å². The molecule has 0 aromatic heterocycles. The molecule has 2 saturated heterocycles. The number of carbonyl (C=O) groups is 5. The van der Waals surface area contributed by atoms with Crippen LogP contribution in [0.2, 0.25) is 0 Å². The zero-order chi connectivity index (χ0) is 36.1. The van der Waals surface area contributed by atoms with Crippen molar-refractivity contribution in [2.75, 3.05) is 0 Å². The molecule has 0 amide bonds. The first-order chi connectivity index (χ1) is 22.6. The zero-order valence-electron chi connectivity index (χ0n) is 29.1. The SMILES string of the molecule is CC(=O)O[C@@H]1[C@H]2[C@H]3C([C@H](C)[C@H](OC(C)=O)[C@]2(C)[C@@H]2[C@@H]1[C@]1(C)C(=C[C@@]2(C)OO)OC(=O)[C@@]1(C)O)[C@]1(C)[C@H](C[C@@H]2O[C@@H]2[C@@H]1OC(C)=O)C(=O)[C@@H]3O. The number of esters is 4. The van der Waals surface area contributed by atoms with E-state index >= 15 is 0 Å². The molecular weight excluding hydrogens is 644 g/mol. The molecule has 4 saturated carbocycles. The molecule has 0 radical (unpaired) electrons. The second-order valence-corrected chi connectivity index (χ2v) is 16.6. The summed E-state index contributed by atoms with van der Waals surface area (Å²) in [4.78, 5) is 71.7. The molecule has 6 fully saturated rings. The largest absolute Gasteiger partial charge is 0.462 e. The van der Waals surface area contributed by atoms with Gasteiger partial charge in [0, 0.05) is 61.2 Å². The van der Waals surface area contributed by atoms with Gasteiger partial charge in [-0.25, -0.2) is 9.68 Å². The molecule has 1 unspecified atom stereocenters. The van der Waals surface area contributed by atoms with Crippen LogP contribution in [0.3, 0.4) is 0 Å². The van der Waals surface area contributed by atoms with Gasteiger partial charge in [-0.1, -0.05) is 20.8 Å². The monoisotopic (exact) mass is 690 g/mol. The number of aliphatic hydroxyl groups excluding tert-OH is 1. The Labute approximate surface area is 283 Å². The number of ketones is 1. The van der Waals surface area contributed by atoms with Gasteiger partial charge in [0.25, 0.3) is 0 Å². The van der Waals surface area contributed by atoms with Crippen LogP contribution in [0.15, 0.2) is 11.8 Å². The first-order valence-electron chi connectivity index (χ1n) is 17.0. The number of hydrogen-bond acceptors (Lipinski definition) is 14. The van der Waals surface area contributed by atoms with E-state index in [1.807, 2.05) is 13.8 Å². The van der Waals surface area contributed by atoms with E-state index in [2.05, 4.69) is 0 Å². The molecule has 2 aliphatic heterocycles. The molecule has 2 heterocycles. The molecule has 18 atom stereocenters. The normalized spacial score (nSPS) is 54.9. The standard InChI is InChI=1S/C35H46O14/c1-12-20-19(24(40)23(39)16-10-17-25(47-17)29(32(16,20)6)46-15(4)38)21-26(44-13(2)36)22-27(33(21,7)28(12)45-14(3)37)31(5,49-43)11-18-34(22,8)35(9,42)30(41)48-18/h11-12,16-17,19-22,24-29,40,42-43H,10H2,1-9H3/t12-,16+,17-,19+,20?,21+,22+,24+,25-,26+,27+,28-,29-,31+,32-,33-,34-,35+/m0/s1. The number of fused-ring (bicyclic) bond motifs is 10. The first-order valence-corrected chi connectivity index (χ1v) is 17.0. The Kier molecular flexibility index (Phi) is 7.28. The predicted molar refractivity (Wildman–Crippen MR) is 162 cm³/mol. The van der Waals surface area contributed by atoms with Crippen LogP contribution in [0.5, 0.6) is 0 Å². The number of Topliss-reactive ketones (excluding diaryl/α,β-unsaturated/α-hetero) is 1. The van der Waals surface area contributed by atoms with Crippen LogP contribution in [0.25, 0.3) is 0 Å². The Morgan fingerprint density at radius 2 is 1.47 bits per heavy atom. The number of rotatable bonds is 4. The maximum Gasteiger partial charge on any atom is 0.343 e. The fourth-order valence-electron chi connectivity index (χ4n) is 12.6. The van der Waals surface area contributed by atoms with Crippen LogP contribution in [0.1, 0.15) is 68.7 Å². The predicted octanol–water partition coefficient (Wildman–Crippen LogP) is 1.73. The fourth-order valence-corrected chi connectivity index (χ4v) is 12.6. The van der Waals surface area contributed by atoms with Gasteiger partial charge < -0.3 is 33.9 Å². The van der Waals surface area contributed by atoms with Crippen molar-refractivity contribution in [3.8, 4) is 0 Å². The Morgan fingerprint density at radius 3 is 2.04 bits per heavy atom. The van der Waals surface area contributed by atoms with Crippen molar-refractivity contribution < 1.29 is 68.0 Å². The van der Waals surface area contributed by atoms with Crippen LogP contribution in [-0.4, -0.2) is 93.0 Å². The van der Waals surface area contributed by atoms with Gasteiger partial charge in [-0.3, -0.25) is 24.4 Å². The van der Waals surface area contributed by atoms with Gasteiger partial charge in [-0.05, 0) is 45.1 Å².